The molecule has 0 spiro atoms. The third-order valence-corrected chi connectivity index (χ3v) is 3.78. The molecule has 0 unspecified atom stereocenters. The van der Waals surface area contributed by atoms with Crippen LogP contribution in [0.5, 0.6) is 11.5 Å². The summed E-state index contributed by atoms with van der Waals surface area (Å²) in [5, 5.41) is 11.7. The molecule has 134 valence electrons. The van der Waals surface area contributed by atoms with Crippen molar-refractivity contribution in [2.75, 3.05) is 13.2 Å². The van der Waals surface area contributed by atoms with Crippen LogP contribution < -0.4 is 9.47 Å². The molecule has 0 bridgehead atoms. The average molecular weight is 350 g/mol. The second kappa shape index (κ2) is 8.80. The van der Waals surface area contributed by atoms with Crippen LogP contribution in [0.4, 0.5) is 0 Å². The second-order valence-corrected chi connectivity index (χ2v) is 5.83. The van der Waals surface area contributed by atoms with Gasteiger partial charge in [-0.1, -0.05) is 25.1 Å². The molecule has 0 N–H and O–H groups in total. The number of hydrogen-bond donors (Lipinski definition) is 0. The standard InChI is InChI=1S/C20H22N4O2/c1-3-17-10-16(2)11-19(12-17)25-8-9-26-20-7-5-4-6-18(20)13-23-24-14-21-22-15-24/h4-7,10-15H,3,8-9H2,1-2H3/b23-13-. The highest BCUT2D eigenvalue weighted by Crippen LogP contribution is 2.18. The molecule has 0 amide bonds. The minimum absolute atomic E-state index is 0.451. The highest BCUT2D eigenvalue weighted by atomic mass is 16.5. The van der Waals surface area contributed by atoms with E-state index in [1.165, 1.54) is 28.5 Å². The van der Waals surface area contributed by atoms with Crippen molar-refractivity contribution in [3.63, 3.8) is 0 Å². The lowest BCUT2D eigenvalue weighted by Gasteiger charge is -2.11. The van der Waals surface area contributed by atoms with Crippen molar-refractivity contribution in [1.29, 1.82) is 0 Å². The first-order valence-corrected chi connectivity index (χ1v) is 8.59. The van der Waals surface area contributed by atoms with Crippen molar-refractivity contribution in [3.8, 4) is 11.5 Å². The Morgan fingerprint density at radius 1 is 1.04 bits per heavy atom. The summed E-state index contributed by atoms with van der Waals surface area (Å²) in [4.78, 5) is 0. The second-order valence-electron chi connectivity index (χ2n) is 5.83. The number of ether oxygens (including phenoxy) is 2. The number of aromatic nitrogens is 3. The number of nitrogens with zero attached hydrogens (tertiary/aromatic N) is 4. The summed E-state index contributed by atoms with van der Waals surface area (Å²) in [5.41, 5.74) is 3.36. The Morgan fingerprint density at radius 3 is 2.62 bits per heavy atom. The van der Waals surface area contributed by atoms with Gasteiger partial charge in [-0.2, -0.15) is 5.10 Å². The average Bonchev–Trinajstić information content (AvgIpc) is 3.17. The van der Waals surface area contributed by atoms with Gasteiger partial charge in [-0.3, -0.25) is 0 Å². The summed E-state index contributed by atoms with van der Waals surface area (Å²) in [7, 11) is 0. The van der Waals surface area contributed by atoms with E-state index in [1.807, 2.05) is 30.3 Å². The van der Waals surface area contributed by atoms with Gasteiger partial charge in [0.25, 0.3) is 0 Å². The fraction of sp³-hybridized carbons (Fsp3) is 0.250. The third kappa shape index (κ3) is 4.92. The van der Waals surface area contributed by atoms with E-state index in [2.05, 4.69) is 41.3 Å². The SMILES string of the molecule is CCc1cc(C)cc(OCCOc2ccccc2/C=N\n2cnnc2)c1. The molecule has 0 aliphatic heterocycles. The summed E-state index contributed by atoms with van der Waals surface area (Å²) in [6.45, 7) is 5.14. The van der Waals surface area contributed by atoms with E-state index >= 15 is 0 Å². The predicted octanol–water partition coefficient (Wildman–Crippen LogP) is 3.49. The topological polar surface area (TPSA) is 61.5 Å². The predicted molar refractivity (Wildman–Crippen MR) is 101 cm³/mol. The summed E-state index contributed by atoms with van der Waals surface area (Å²) in [6.07, 6.45) is 5.77. The first kappa shape index (κ1) is 17.7. The van der Waals surface area contributed by atoms with E-state index in [9.17, 15) is 0 Å². The Morgan fingerprint density at radius 2 is 1.81 bits per heavy atom. The van der Waals surface area contributed by atoms with Gasteiger partial charge in [-0.25, -0.2) is 4.68 Å². The Hall–Kier alpha value is -3.15. The molecule has 0 fully saturated rings. The van der Waals surface area contributed by atoms with E-state index < -0.39 is 0 Å². The van der Waals surface area contributed by atoms with E-state index in [-0.39, 0.29) is 0 Å². The van der Waals surface area contributed by atoms with Crippen LogP contribution in [0.15, 0.2) is 60.2 Å². The summed E-state index contributed by atoms with van der Waals surface area (Å²) >= 11 is 0. The quantitative estimate of drug-likeness (QED) is 0.461. The van der Waals surface area contributed by atoms with Crippen LogP contribution in [0.1, 0.15) is 23.6 Å². The van der Waals surface area contributed by atoms with Crippen LogP contribution in [0.3, 0.4) is 0 Å². The lowest BCUT2D eigenvalue weighted by Crippen LogP contribution is -2.10. The molecular weight excluding hydrogens is 328 g/mol. The van der Waals surface area contributed by atoms with Gasteiger partial charge in [0.15, 0.2) is 0 Å². The number of hydrogen-bond acceptors (Lipinski definition) is 5. The first-order chi connectivity index (χ1) is 12.7. The lowest BCUT2D eigenvalue weighted by atomic mass is 10.1. The molecular formula is C20H22N4O2. The largest absolute Gasteiger partial charge is 0.490 e. The van der Waals surface area contributed by atoms with Crippen molar-refractivity contribution in [3.05, 3.63) is 71.8 Å². The number of para-hydroxylation sites is 1. The Balaban J connectivity index is 1.56. The van der Waals surface area contributed by atoms with Crippen LogP contribution in [-0.2, 0) is 6.42 Å². The van der Waals surface area contributed by atoms with Crippen molar-refractivity contribution in [2.24, 2.45) is 5.10 Å². The molecule has 26 heavy (non-hydrogen) atoms. The minimum atomic E-state index is 0.451. The lowest BCUT2D eigenvalue weighted by molar-refractivity contribution is 0.217. The fourth-order valence-electron chi connectivity index (χ4n) is 2.53. The number of benzene rings is 2. The van der Waals surface area contributed by atoms with Crippen molar-refractivity contribution in [2.45, 2.75) is 20.3 Å². The van der Waals surface area contributed by atoms with Gasteiger partial charge >= 0.3 is 0 Å². The van der Waals surface area contributed by atoms with Gasteiger partial charge in [0.2, 0.25) is 0 Å². The fourth-order valence-corrected chi connectivity index (χ4v) is 2.53. The molecule has 0 saturated carbocycles. The number of rotatable bonds is 8. The zero-order valence-corrected chi connectivity index (χ0v) is 15.0. The normalized spacial score (nSPS) is 11.0. The van der Waals surface area contributed by atoms with E-state index in [4.69, 9.17) is 9.47 Å². The maximum Gasteiger partial charge on any atom is 0.141 e. The molecule has 6 heteroatoms. The zero-order valence-electron chi connectivity index (χ0n) is 15.0. The molecule has 0 aliphatic carbocycles. The monoisotopic (exact) mass is 350 g/mol. The smallest absolute Gasteiger partial charge is 0.141 e. The van der Waals surface area contributed by atoms with Gasteiger partial charge in [0, 0.05) is 5.56 Å². The molecule has 1 aromatic heterocycles. The Labute approximate surface area is 153 Å². The van der Waals surface area contributed by atoms with Gasteiger partial charge in [-0.15, -0.1) is 10.2 Å². The Bertz CT molecular complexity index is 860. The maximum absolute atomic E-state index is 5.86. The minimum Gasteiger partial charge on any atom is -0.490 e. The highest BCUT2D eigenvalue weighted by Gasteiger charge is 2.02. The first-order valence-electron chi connectivity index (χ1n) is 8.59. The molecule has 0 aliphatic rings. The maximum atomic E-state index is 5.86. The van der Waals surface area contributed by atoms with Gasteiger partial charge in [0.05, 0.1) is 6.21 Å². The van der Waals surface area contributed by atoms with E-state index in [1.54, 1.807) is 6.21 Å². The van der Waals surface area contributed by atoms with Crippen LogP contribution in [0, 0.1) is 6.92 Å². The Kier molecular flexibility index (Phi) is 5.98. The molecule has 2 aromatic carbocycles. The van der Waals surface area contributed by atoms with Crippen molar-refractivity contribution < 1.29 is 9.47 Å². The van der Waals surface area contributed by atoms with E-state index in [0.29, 0.717) is 13.2 Å². The van der Waals surface area contributed by atoms with Crippen LogP contribution in [0.2, 0.25) is 0 Å². The molecule has 3 rings (SSSR count). The molecule has 0 radical (unpaired) electrons. The van der Waals surface area contributed by atoms with Gasteiger partial charge in [0.1, 0.15) is 37.4 Å². The summed E-state index contributed by atoms with van der Waals surface area (Å²) in [6, 6.07) is 14.0. The summed E-state index contributed by atoms with van der Waals surface area (Å²) in [5.74, 6) is 1.64. The molecule has 0 saturated heterocycles. The third-order valence-electron chi connectivity index (χ3n) is 3.78. The van der Waals surface area contributed by atoms with Crippen LogP contribution in [-0.4, -0.2) is 34.3 Å². The summed E-state index contributed by atoms with van der Waals surface area (Å²) < 4.78 is 13.2. The molecule has 6 nitrogen and oxygen atoms in total. The molecule has 1 heterocycles. The van der Waals surface area contributed by atoms with Crippen LogP contribution in [0.25, 0.3) is 0 Å². The molecule has 3 aromatic rings. The molecule has 0 atom stereocenters. The van der Waals surface area contributed by atoms with Crippen molar-refractivity contribution in [1.82, 2.24) is 14.9 Å². The number of aryl methyl sites for hydroxylation is 2. The van der Waals surface area contributed by atoms with E-state index in [0.717, 1.165) is 23.5 Å². The van der Waals surface area contributed by atoms with Crippen LogP contribution >= 0.6 is 0 Å². The van der Waals surface area contributed by atoms with Crippen molar-refractivity contribution >= 4 is 6.21 Å². The van der Waals surface area contributed by atoms with Gasteiger partial charge < -0.3 is 9.47 Å². The van der Waals surface area contributed by atoms with Gasteiger partial charge in [-0.05, 0) is 48.7 Å². The zero-order chi connectivity index (χ0) is 18.2. The highest BCUT2D eigenvalue weighted by molar-refractivity contribution is 5.83.